The maximum Gasteiger partial charge on any atom is 0.189 e. The minimum absolute atomic E-state index is 1.06. The molecule has 0 aromatic heterocycles. The van der Waals surface area contributed by atoms with Crippen molar-refractivity contribution in [2.45, 2.75) is 154 Å². The fraction of sp³-hybridized carbons (Fsp3) is 1.00. The van der Waals surface area contributed by atoms with E-state index in [2.05, 4.69) is 13.5 Å². The smallest absolute Gasteiger partial charge is 0.189 e. The van der Waals surface area contributed by atoms with Crippen LogP contribution in [0.2, 0.25) is 18.6 Å². The highest BCUT2D eigenvalue weighted by Gasteiger charge is 2.30. The zero-order valence-corrected chi connectivity index (χ0v) is 20.2. The van der Waals surface area contributed by atoms with Crippen LogP contribution >= 0.6 is 0 Å². The normalized spacial score (nSPS) is 20.2. The Morgan fingerprint density at radius 1 is 0.556 bits per heavy atom. The molecule has 0 radical (unpaired) electrons. The Balaban J connectivity index is 1.70. The third-order valence-electron chi connectivity index (χ3n) is 6.61. The average molecular weight is 397 g/mol. The van der Waals surface area contributed by atoms with Gasteiger partial charge in [0.05, 0.1) is 0 Å². The number of hydrogen-bond donors (Lipinski definition) is 0. The fourth-order valence-corrected chi connectivity index (χ4v) is 7.76. The Kier molecular flexibility index (Phi) is 17.0. The number of unbranched alkanes of at least 4 members (excludes halogenated alkanes) is 17. The molecule has 0 aromatic rings. The third kappa shape index (κ3) is 15.7. The molecule has 0 N–H and O–H groups in total. The summed E-state index contributed by atoms with van der Waals surface area (Å²) in [5.41, 5.74) is 0. The summed E-state index contributed by atoms with van der Waals surface area (Å²) in [6, 6.07) is 2.84. The SMILES string of the molecule is CCCCCCCCCCCCCCCCCCCC[Si]1(C)CCCCO1. The standard InChI is InChI=1S/C25H52OSi/c1-3-4-5-6-7-8-9-10-11-12-13-14-15-16-17-18-19-21-24-27(2)25-22-20-23-26-27/h3-25H2,1-2H3. The third-order valence-corrected chi connectivity index (χ3v) is 10.3. The highest BCUT2D eigenvalue weighted by atomic mass is 28.4. The summed E-state index contributed by atoms with van der Waals surface area (Å²) in [5, 5.41) is 0. The second-order valence-corrected chi connectivity index (χ2v) is 13.7. The largest absolute Gasteiger partial charge is 0.417 e. The molecule has 1 unspecified atom stereocenters. The van der Waals surface area contributed by atoms with E-state index < -0.39 is 8.32 Å². The maximum atomic E-state index is 6.14. The van der Waals surface area contributed by atoms with E-state index in [1.54, 1.807) is 0 Å². The van der Waals surface area contributed by atoms with Crippen molar-refractivity contribution >= 4 is 8.32 Å². The molecule has 1 rings (SSSR count). The summed E-state index contributed by atoms with van der Waals surface area (Å²) in [4.78, 5) is 0. The highest BCUT2D eigenvalue weighted by Crippen LogP contribution is 2.27. The molecule has 27 heavy (non-hydrogen) atoms. The van der Waals surface area contributed by atoms with Gasteiger partial charge in [0.1, 0.15) is 0 Å². The molecular formula is C25H52OSi. The van der Waals surface area contributed by atoms with Crippen LogP contribution in [0.4, 0.5) is 0 Å². The van der Waals surface area contributed by atoms with Gasteiger partial charge in [0, 0.05) is 6.61 Å². The van der Waals surface area contributed by atoms with E-state index >= 15 is 0 Å². The minimum Gasteiger partial charge on any atom is -0.417 e. The first-order chi connectivity index (χ1) is 13.3. The van der Waals surface area contributed by atoms with Crippen LogP contribution in [0.25, 0.3) is 0 Å². The van der Waals surface area contributed by atoms with E-state index in [0.717, 1.165) is 6.61 Å². The Hall–Kier alpha value is 0.177. The molecule has 1 nitrogen and oxygen atoms in total. The van der Waals surface area contributed by atoms with Crippen LogP contribution in [-0.4, -0.2) is 14.9 Å². The second kappa shape index (κ2) is 18.2. The van der Waals surface area contributed by atoms with Gasteiger partial charge in [-0.3, -0.25) is 0 Å². The van der Waals surface area contributed by atoms with Crippen molar-refractivity contribution in [2.24, 2.45) is 0 Å². The minimum atomic E-state index is -1.25. The Labute approximate surface area is 173 Å². The highest BCUT2D eigenvalue weighted by molar-refractivity contribution is 6.72. The van der Waals surface area contributed by atoms with Crippen LogP contribution in [0.5, 0.6) is 0 Å². The summed E-state index contributed by atoms with van der Waals surface area (Å²) in [7, 11) is -1.25. The Morgan fingerprint density at radius 2 is 0.963 bits per heavy atom. The second-order valence-electron chi connectivity index (χ2n) is 9.52. The van der Waals surface area contributed by atoms with E-state index in [-0.39, 0.29) is 0 Å². The lowest BCUT2D eigenvalue weighted by Crippen LogP contribution is -2.37. The first kappa shape index (κ1) is 25.2. The monoisotopic (exact) mass is 396 g/mol. The van der Waals surface area contributed by atoms with Crippen LogP contribution in [-0.2, 0) is 4.43 Å². The van der Waals surface area contributed by atoms with Gasteiger partial charge in [0.2, 0.25) is 0 Å². The molecule has 0 saturated carbocycles. The van der Waals surface area contributed by atoms with E-state index in [0.29, 0.717) is 0 Å². The molecule has 2 heteroatoms. The molecule has 1 atom stereocenters. The van der Waals surface area contributed by atoms with Crippen LogP contribution in [0.3, 0.4) is 0 Å². The van der Waals surface area contributed by atoms with Crippen LogP contribution < -0.4 is 0 Å². The topological polar surface area (TPSA) is 9.23 Å². The Bertz CT molecular complexity index is 299. The van der Waals surface area contributed by atoms with Crippen LogP contribution in [0.15, 0.2) is 0 Å². The number of rotatable bonds is 19. The van der Waals surface area contributed by atoms with Crippen molar-refractivity contribution in [1.82, 2.24) is 0 Å². The maximum absolute atomic E-state index is 6.14. The van der Waals surface area contributed by atoms with E-state index in [1.165, 1.54) is 141 Å². The summed E-state index contributed by atoms with van der Waals surface area (Å²) >= 11 is 0. The summed E-state index contributed by atoms with van der Waals surface area (Å²) in [6.45, 7) is 5.83. The molecule has 1 heterocycles. The van der Waals surface area contributed by atoms with Gasteiger partial charge in [0.25, 0.3) is 0 Å². The van der Waals surface area contributed by atoms with Crippen LogP contribution in [0.1, 0.15) is 135 Å². The predicted molar refractivity (Wildman–Crippen MR) is 125 cm³/mol. The summed E-state index contributed by atoms with van der Waals surface area (Å²) in [5.74, 6) is 0. The average Bonchev–Trinajstić information content (AvgIpc) is 2.67. The van der Waals surface area contributed by atoms with Crippen molar-refractivity contribution in [2.75, 3.05) is 6.61 Å². The van der Waals surface area contributed by atoms with Gasteiger partial charge in [-0.25, -0.2) is 0 Å². The molecular weight excluding hydrogens is 344 g/mol. The van der Waals surface area contributed by atoms with Crippen molar-refractivity contribution in [3.05, 3.63) is 0 Å². The van der Waals surface area contributed by atoms with E-state index in [4.69, 9.17) is 4.43 Å². The molecule has 0 aliphatic carbocycles. The van der Waals surface area contributed by atoms with Gasteiger partial charge in [0.15, 0.2) is 8.32 Å². The van der Waals surface area contributed by atoms with Gasteiger partial charge in [-0.15, -0.1) is 0 Å². The molecule has 1 fully saturated rings. The van der Waals surface area contributed by atoms with Crippen molar-refractivity contribution in [3.63, 3.8) is 0 Å². The van der Waals surface area contributed by atoms with Gasteiger partial charge in [-0.2, -0.15) is 0 Å². The molecule has 1 aliphatic rings. The first-order valence-electron chi connectivity index (χ1n) is 12.9. The summed E-state index contributed by atoms with van der Waals surface area (Å²) < 4.78 is 6.14. The molecule has 162 valence electrons. The lowest BCUT2D eigenvalue weighted by Gasteiger charge is -2.31. The van der Waals surface area contributed by atoms with Gasteiger partial charge in [-0.05, 0) is 25.1 Å². The van der Waals surface area contributed by atoms with Crippen molar-refractivity contribution < 1.29 is 4.43 Å². The van der Waals surface area contributed by atoms with Crippen molar-refractivity contribution in [1.29, 1.82) is 0 Å². The van der Waals surface area contributed by atoms with Crippen LogP contribution in [0, 0.1) is 0 Å². The van der Waals surface area contributed by atoms with Gasteiger partial charge < -0.3 is 4.43 Å². The zero-order valence-electron chi connectivity index (χ0n) is 19.2. The fourth-order valence-electron chi connectivity index (χ4n) is 4.59. The number of hydrogen-bond acceptors (Lipinski definition) is 1. The summed E-state index contributed by atoms with van der Waals surface area (Å²) in [6.07, 6.45) is 29.1. The molecule has 0 spiro atoms. The quantitative estimate of drug-likeness (QED) is 0.156. The van der Waals surface area contributed by atoms with E-state index in [1.807, 2.05) is 0 Å². The van der Waals surface area contributed by atoms with Gasteiger partial charge >= 0.3 is 0 Å². The van der Waals surface area contributed by atoms with Gasteiger partial charge in [-0.1, -0.05) is 129 Å². The van der Waals surface area contributed by atoms with Crippen molar-refractivity contribution in [3.8, 4) is 0 Å². The Morgan fingerprint density at radius 3 is 1.33 bits per heavy atom. The zero-order chi connectivity index (χ0) is 19.5. The lowest BCUT2D eigenvalue weighted by atomic mass is 10.0. The molecule has 1 saturated heterocycles. The lowest BCUT2D eigenvalue weighted by molar-refractivity contribution is 0.269. The molecule has 0 amide bonds. The molecule has 1 aliphatic heterocycles. The predicted octanol–water partition coefficient (Wildman–Crippen LogP) is 9.41. The molecule has 0 bridgehead atoms. The van der Waals surface area contributed by atoms with E-state index in [9.17, 15) is 0 Å². The molecule has 0 aromatic carbocycles. The first-order valence-corrected chi connectivity index (χ1v) is 15.7.